The summed E-state index contributed by atoms with van der Waals surface area (Å²) >= 11 is 0. The minimum Gasteiger partial charge on any atom is -0.480 e. The monoisotopic (exact) mass is 738 g/mol. The summed E-state index contributed by atoms with van der Waals surface area (Å²) < 4.78 is 54.3. The van der Waals surface area contributed by atoms with Crippen LogP contribution in [0.15, 0.2) is 41.6 Å². The van der Waals surface area contributed by atoms with Gasteiger partial charge in [0.2, 0.25) is 5.95 Å². The summed E-state index contributed by atoms with van der Waals surface area (Å²) in [5.41, 5.74) is 0.459. The molecule has 0 aliphatic rings. The van der Waals surface area contributed by atoms with Crippen molar-refractivity contribution in [1.29, 1.82) is 0 Å². The number of aryl methyl sites for hydroxylation is 1. The van der Waals surface area contributed by atoms with Gasteiger partial charge in [-0.25, -0.2) is 27.9 Å². The van der Waals surface area contributed by atoms with Crippen molar-refractivity contribution >= 4 is 39.6 Å². The number of amides is 1. The number of rotatable bonds is 27. The maximum absolute atomic E-state index is 13.0. The molecule has 0 saturated carbocycles. The van der Waals surface area contributed by atoms with E-state index in [9.17, 15) is 27.6 Å². The van der Waals surface area contributed by atoms with Gasteiger partial charge in [0.25, 0.3) is 15.9 Å². The molecular weight excluding hydrogens is 688 g/mol. The number of esters is 1. The minimum atomic E-state index is -3.98. The Balaban J connectivity index is 1.59. The number of ketones is 1. The number of Topliss-reactive ketones (excluding diaryl/α,β-unsaturated/α-hetero) is 1. The first-order valence-electron chi connectivity index (χ1n) is 16.7. The van der Waals surface area contributed by atoms with E-state index in [-0.39, 0.29) is 87.4 Å². The van der Waals surface area contributed by atoms with E-state index in [0.717, 1.165) is 18.4 Å². The summed E-state index contributed by atoms with van der Waals surface area (Å²) in [7, 11) is -3.98. The normalized spacial score (nSPS) is 11.6. The second kappa shape index (κ2) is 23.4. The number of ether oxygens (including phenoxy) is 5. The number of carbonyl (C=O) groups is 4. The topological polar surface area (TPSA) is 219 Å². The molecule has 1 aromatic heterocycles. The van der Waals surface area contributed by atoms with Crippen molar-refractivity contribution in [3.8, 4) is 0 Å². The molecule has 0 unspecified atom stereocenters. The SMILES string of the molecule is CC(C)(C)OC(=O)CCCCCc1cccc(S(=O)(=O)Nc2ncc(C(=O)NCCOCCOCC(=O)CCCOCCOCC(=O)O)cn2)c1. The number of anilines is 1. The zero-order valence-electron chi connectivity index (χ0n) is 29.5. The summed E-state index contributed by atoms with van der Waals surface area (Å²) in [6.45, 7) is 6.63. The van der Waals surface area contributed by atoms with Gasteiger partial charge in [0.15, 0.2) is 5.78 Å². The van der Waals surface area contributed by atoms with Gasteiger partial charge in [-0.05, 0) is 64.2 Å². The Bertz CT molecular complexity index is 1480. The number of aliphatic carboxylic acids is 1. The fourth-order valence-corrected chi connectivity index (χ4v) is 5.31. The standard InChI is InChI=1S/C34H50N4O12S/c1-34(2,3)50-31(42)13-6-4-5-9-26-10-7-12-29(21-26)51(44,45)38-33-36-22-27(23-37-33)32(43)35-14-16-47-18-19-48-24-28(39)11-8-15-46-17-20-49-25-30(40)41/h7,10,12,21-23H,4-6,8-9,11,13-20,24-25H2,1-3H3,(H,35,43)(H,40,41)(H,36,37,38). The highest BCUT2D eigenvalue weighted by molar-refractivity contribution is 7.92. The molecule has 0 aliphatic carbocycles. The van der Waals surface area contributed by atoms with E-state index in [1.54, 1.807) is 12.1 Å². The Labute approximate surface area is 299 Å². The first-order valence-corrected chi connectivity index (χ1v) is 18.2. The zero-order chi connectivity index (χ0) is 37.5. The molecule has 0 atom stereocenters. The number of aromatic nitrogens is 2. The minimum absolute atomic E-state index is 0.0530. The second-order valence-electron chi connectivity index (χ2n) is 12.3. The second-order valence-corrected chi connectivity index (χ2v) is 14.0. The van der Waals surface area contributed by atoms with Crippen LogP contribution in [0.4, 0.5) is 5.95 Å². The molecule has 3 N–H and O–H groups in total. The van der Waals surface area contributed by atoms with E-state index in [1.807, 2.05) is 26.8 Å². The van der Waals surface area contributed by atoms with Crippen LogP contribution >= 0.6 is 0 Å². The maximum atomic E-state index is 13.0. The molecule has 1 heterocycles. The quantitative estimate of drug-likeness (QED) is 0.0887. The molecule has 0 spiro atoms. The lowest BCUT2D eigenvalue weighted by Crippen LogP contribution is -2.28. The number of hydrogen-bond acceptors (Lipinski definition) is 13. The average molecular weight is 739 g/mol. The van der Waals surface area contributed by atoms with Crippen LogP contribution in [0, 0.1) is 0 Å². The van der Waals surface area contributed by atoms with E-state index in [2.05, 4.69) is 20.0 Å². The van der Waals surface area contributed by atoms with Crippen LogP contribution in [0.25, 0.3) is 0 Å². The number of unbranched alkanes of at least 4 members (excludes halogenated alkanes) is 2. The lowest BCUT2D eigenvalue weighted by atomic mass is 10.1. The summed E-state index contributed by atoms with van der Waals surface area (Å²) in [5.74, 6) is -2.01. The fraction of sp³-hybridized carbons (Fsp3) is 0.588. The number of carboxylic acids is 1. The van der Waals surface area contributed by atoms with E-state index < -0.39 is 27.5 Å². The maximum Gasteiger partial charge on any atom is 0.329 e. The van der Waals surface area contributed by atoms with E-state index in [1.165, 1.54) is 18.5 Å². The average Bonchev–Trinajstić information content (AvgIpc) is 3.06. The Morgan fingerprint density at radius 2 is 1.47 bits per heavy atom. The third-order valence-electron chi connectivity index (χ3n) is 6.62. The van der Waals surface area contributed by atoms with Crippen molar-refractivity contribution in [2.75, 3.05) is 64.1 Å². The van der Waals surface area contributed by atoms with Crippen LogP contribution in [0.2, 0.25) is 0 Å². The Morgan fingerprint density at radius 3 is 2.16 bits per heavy atom. The van der Waals surface area contributed by atoms with Gasteiger partial charge in [-0.2, -0.15) is 0 Å². The van der Waals surface area contributed by atoms with Crippen molar-refractivity contribution in [2.24, 2.45) is 0 Å². The highest BCUT2D eigenvalue weighted by atomic mass is 32.2. The summed E-state index contributed by atoms with van der Waals surface area (Å²) in [6.07, 6.45) is 6.48. The van der Waals surface area contributed by atoms with E-state index >= 15 is 0 Å². The van der Waals surface area contributed by atoms with Crippen LogP contribution < -0.4 is 10.0 Å². The van der Waals surface area contributed by atoms with Crippen molar-refractivity contribution in [1.82, 2.24) is 15.3 Å². The molecule has 2 rings (SSSR count). The number of sulfonamides is 1. The van der Waals surface area contributed by atoms with Gasteiger partial charge >= 0.3 is 11.9 Å². The molecule has 51 heavy (non-hydrogen) atoms. The molecule has 16 nitrogen and oxygen atoms in total. The van der Waals surface area contributed by atoms with Gasteiger partial charge in [-0.3, -0.25) is 14.4 Å². The predicted molar refractivity (Wildman–Crippen MR) is 185 cm³/mol. The molecule has 1 aromatic carbocycles. The molecule has 284 valence electrons. The van der Waals surface area contributed by atoms with Gasteiger partial charge < -0.3 is 34.1 Å². The highest BCUT2D eigenvalue weighted by Gasteiger charge is 2.18. The Hall–Kier alpha value is -4.03. The summed E-state index contributed by atoms with van der Waals surface area (Å²) in [6, 6.07) is 6.55. The van der Waals surface area contributed by atoms with Crippen molar-refractivity contribution < 1.29 is 56.4 Å². The van der Waals surface area contributed by atoms with Gasteiger partial charge in [0.05, 0.1) is 43.5 Å². The predicted octanol–water partition coefficient (Wildman–Crippen LogP) is 2.95. The van der Waals surface area contributed by atoms with Gasteiger partial charge in [0.1, 0.15) is 18.8 Å². The first kappa shape index (κ1) is 43.1. The van der Waals surface area contributed by atoms with Gasteiger partial charge in [-0.15, -0.1) is 0 Å². The third-order valence-corrected chi connectivity index (χ3v) is 7.95. The zero-order valence-corrected chi connectivity index (χ0v) is 30.3. The molecule has 0 aliphatic heterocycles. The summed E-state index contributed by atoms with van der Waals surface area (Å²) in [5, 5.41) is 11.1. The van der Waals surface area contributed by atoms with Crippen LogP contribution in [0.3, 0.4) is 0 Å². The third kappa shape index (κ3) is 20.4. The Morgan fingerprint density at radius 1 is 0.804 bits per heavy atom. The van der Waals surface area contributed by atoms with Crippen molar-refractivity contribution in [2.45, 2.75) is 76.2 Å². The molecule has 0 saturated heterocycles. The highest BCUT2D eigenvalue weighted by Crippen LogP contribution is 2.17. The first-order chi connectivity index (χ1) is 24.2. The van der Waals surface area contributed by atoms with Crippen LogP contribution in [-0.4, -0.2) is 112 Å². The number of carbonyl (C=O) groups excluding carboxylic acids is 3. The number of nitrogens with one attached hydrogen (secondary N) is 2. The fourth-order valence-electron chi connectivity index (χ4n) is 4.28. The molecule has 0 fully saturated rings. The molecule has 1 amide bonds. The van der Waals surface area contributed by atoms with Gasteiger partial charge in [-0.1, -0.05) is 18.6 Å². The van der Waals surface area contributed by atoms with Crippen molar-refractivity contribution in [3.63, 3.8) is 0 Å². The number of hydrogen-bond donors (Lipinski definition) is 3. The lowest BCUT2D eigenvalue weighted by molar-refractivity contribution is -0.155. The smallest absolute Gasteiger partial charge is 0.329 e. The molecule has 0 bridgehead atoms. The number of carboxylic acid groups (broad SMARTS) is 1. The van der Waals surface area contributed by atoms with Gasteiger partial charge in [0, 0.05) is 38.4 Å². The summed E-state index contributed by atoms with van der Waals surface area (Å²) in [4.78, 5) is 54.4. The molecular formula is C34H50N4O12S. The largest absolute Gasteiger partial charge is 0.480 e. The number of benzene rings is 1. The molecule has 17 heteroatoms. The molecule has 2 aromatic rings. The Kier molecular flexibility index (Phi) is 19.8. The van der Waals surface area contributed by atoms with Crippen LogP contribution in [-0.2, 0) is 54.5 Å². The molecule has 0 radical (unpaired) electrons. The number of nitrogens with zero attached hydrogens (tertiary/aromatic N) is 2. The lowest BCUT2D eigenvalue weighted by Gasteiger charge is -2.19. The van der Waals surface area contributed by atoms with Crippen molar-refractivity contribution in [3.05, 3.63) is 47.8 Å². The van der Waals surface area contributed by atoms with Crippen LogP contribution in [0.1, 0.15) is 75.2 Å². The van der Waals surface area contributed by atoms with E-state index in [4.69, 9.17) is 28.8 Å². The van der Waals surface area contributed by atoms with E-state index in [0.29, 0.717) is 32.3 Å². The van der Waals surface area contributed by atoms with Crippen LogP contribution in [0.5, 0.6) is 0 Å².